The third kappa shape index (κ3) is 3.57. The molecule has 1 aromatic rings. The molecule has 1 aromatic carbocycles. The predicted molar refractivity (Wildman–Crippen MR) is 73.4 cm³/mol. The van der Waals surface area contributed by atoms with E-state index in [1.807, 2.05) is 25.1 Å². The van der Waals surface area contributed by atoms with Crippen LogP contribution in [0.3, 0.4) is 0 Å². The van der Waals surface area contributed by atoms with Crippen molar-refractivity contribution in [2.24, 2.45) is 5.92 Å². The van der Waals surface area contributed by atoms with Gasteiger partial charge in [0.15, 0.2) is 0 Å². The van der Waals surface area contributed by atoms with Gasteiger partial charge in [-0.25, -0.2) is 0 Å². The van der Waals surface area contributed by atoms with E-state index in [2.05, 4.69) is 11.9 Å². The predicted octanol–water partition coefficient (Wildman–Crippen LogP) is 2.67. The number of nitrogens with zero attached hydrogens (tertiary/aromatic N) is 1. The third-order valence-corrected chi connectivity index (χ3v) is 3.39. The molecule has 2 rings (SSSR count). The van der Waals surface area contributed by atoms with Gasteiger partial charge < -0.3 is 9.64 Å². The Morgan fingerprint density at radius 1 is 1.44 bits per heavy atom. The van der Waals surface area contributed by atoms with Crippen LogP contribution in [0, 0.1) is 12.8 Å². The van der Waals surface area contributed by atoms with Crippen LogP contribution in [0.15, 0.2) is 18.2 Å². The van der Waals surface area contributed by atoms with Gasteiger partial charge in [0.1, 0.15) is 6.29 Å². The highest BCUT2D eigenvalue weighted by atomic mass is 16.5. The summed E-state index contributed by atoms with van der Waals surface area (Å²) < 4.78 is 5.64. The van der Waals surface area contributed by atoms with Gasteiger partial charge in [-0.05, 0) is 49.4 Å². The topological polar surface area (TPSA) is 29.5 Å². The molecular weight excluding hydrogens is 226 g/mol. The lowest BCUT2D eigenvalue weighted by molar-refractivity contribution is 0.112. The number of likely N-dealkylation sites (N-methyl/N-ethyl adjacent to an activating group) is 1. The molecular formula is C15H21NO2. The maximum Gasteiger partial charge on any atom is 0.150 e. The van der Waals surface area contributed by atoms with Crippen molar-refractivity contribution in [3.8, 4) is 0 Å². The zero-order chi connectivity index (χ0) is 13.0. The summed E-state index contributed by atoms with van der Waals surface area (Å²) in [6.07, 6.45) is 3.56. The van der Waals surface area contributed by atoms with E-state index in [1.165, 1.54) is 12.8 Å². The van der Waals surface area contributed by atoms with Crippen molar-refractivity contribution >= 4 is 12.0 Å². The van der Waals surface area contributed by atoms with Crippen molar-refractivity contribution < 1.29 is 9.53 Å². The quantitative estimate of drug-likeness (QED) is 0.548. The van der Waals surface area contributed by atoms with Crippen molar-refractivity contribution in [2.45, 2.75) is 19.8 Å². The lowest BCUT2D eigenvalue weighted by Crippen LogP contribution is -2.23. The van der Waals surface area contributed by atoms with Crippen LogP contribution >= 0.6 is 0 Å². The highest BCUT2D eigenvalue weighted by Crippen LogP contribution is 2.28. The minimum Gasteiger partial charge on any atom is -0.379 e. The van der Waals surface area contributed by atoms with E-state index < -0.39 is 0 Å². The van der Waals surface area contributed by atoms with Gasteiger partial charge in [-0.3, -0.25) is 4.79 Å². The highest BCUT2D eigenvalue weighted by molar-refractivity contribution is 5.76. The van der Waals surface area contributed by atoms with Crippen LogP contribution in [0.2, 0.25) is 0 Å². The number of benzene rings is 1. The number of hydrogen-bond acceptors (Lipinski definition) is 3. The van der Waals surface area contributed by atoms with Crippen LogP contribution in [-0.4, -0.2) is 33.1 Å². The van der Waals surface area contributed by atoms with Crippen LogP contribution in [-0.2, 0) is 4.74 Å². The first-order chi connectivity index (χ1) is 8.70. The summed E-state index contributed by atoms with van der Waals surface area (Å²) in [5, 5.41) is 0. The van der Waals surface area contributed by atoms with Gasteiger partial charge in [0, 0.05) is 31.5 Å². The van der Waals surface area contributed by atoms with E-state index >= 15 is 0 Å². The molecule has 1 aliphatic carbocycles. The standard InChI is InChI=1S/C15H21NO2/c1-12-9-14(10-17)5-6-15(12)16(2)7-8-18-11-13-3-4-13/h5-6,9-10,13H,3-4,7-8,11H2,1-2H3. The van der Waals surface area contributed by atoms with Crippen LogP contribution < -0.4 is 4.90 Å². The zero-order valence-corrected chi connectivity index (χ0v) is 11.2. The molecule has 0 spiro atoms. The van der Waals surface area contributed by atoms with E-state index in [0.717, 1.165) is 48.8 Å². The molecule has 98 valence electrons. The molecule has 0 unspecified atom stereocenters. The Labute approximate surface area is 109 Å². The zero-order valence-electron chi connectivity index (χ0n) is 11.2. The number of hydrogen-bond donors (Lipinski definition) is 0. The number of aryl methyl sites for hydroxylation is 1. The molecule has 0 saturated heterocycles. The summed E-state index contributed by atoms with van der Waals surface area (Å²) >= 11 is 0. The minimum atomic E-state index is 0.731. The fourth-order valence-corrected chi connectivity index (χ4v) is 2.04. The second-order valence-corrected chi connectivity index (χ2v) is 5.10. The summed E-state index contributed by atoms with van der Waals surface area (Å²) in [5.41, 5.74) is 3.02. The SMILES string of the molecule is Cc1cc(C=O)ccc1N(C)CCOCC1CC1. The Bertz CT molecular complexity index is 413. The normalized spacial score (nSPS) is 14.6. The van der Waals surface area contributed by atoms with Crippen molar-refractivity contribution in [2.75, 3.05) is 31.7 Å². The van der Waals surface area contributed by atoms with Crippen LogP contribution in [0.5, 0.6) is 0 Å². The Morgan fingerprint density at radius 3 is 2.83 bits per heavy atom. The van der Waals surface area contributed by atoms with Crippen molar-refractivity contribution in [3.05, 3.63) is 29.3 Å². The fourth-order valence-electron chi connectivity index (χ4n) is 2.04. The summed E-state index contributed by atoms with van der Waals surface area (Å²) in [4.78, 5) is 12.9. The van der Waals surface area contributed by atoms with Gasteiger partial charge >= 0.3 is 0 Å². The van der Waals surface area contributed by atoms with Gasteiger partial charge in [-0.1, -0.05) is 0 Å². The monoisotopic (exact) mass is 247 g/mol. The highest BCUT2D eigenvalue weighted by Gasteiger charge is 2.20. The first-order valence-electron chi connectivity index (χ1n) is 6.55. The molecule has 3 nitrogen and oxygen atoms in total. The van der Waals surface area contributed by atoms with Gasteiger partial charge in [0.2, 0.25) is 0 Å². The van der Waals surface area contributed by atoms with E-state index in [0.29, 0.717) is 0 Å². The first kappa shape index (κ1) is 13.1. The molecule has 18 heavy (non-hydrogen) atoms. The largest absolute Gasteiger partial charge is 0.379 e. The summed E-state index contributed by atoms with van der Waals surface area (Å²) in [6, 6.07) is 5.78. The first-order valence-corrected chi connectivity index (χ1v) is 6.55. The lowest BCUT2D eigenvalue weighted by atomic mass is 10.1. The van der Waals surface area contributed by atoms with E-state index in [-0.39, 0.29) is 0 Å². The molecule has 1 fully saturated rings. The van der Waals surface area contributed by atoms with Crippen LogP contribution in [0.25, 0.3) is 0 Å². The molecule has 0 bridgehead atoms. The van der Waals surface area contributed by atoms with E-state index in [9.17, 15) is 4.79 Å². The molecule has 0 amide bonds. The van der Waals surface area contributed by atoms with E-state index in [1.54, 1.807) is 0 Å². The molecule has 0 heterocycles. The number of rotatable bonds is 7. The number of carbonyl (C=O) groups is 1. The maximum atomic E-state index is 10.7. The average Bonchev–Trinajstić information content (AvgIpc) is 3.18. The number of anilines is 1. The lowest BCUT2D eigenvalue weighted by Gasteiger charge is -2.21. The minimum absolute atomic E-state index is 0.731. The van der Waals surface area contributed by atoms with Crippen LogP contribution in [0.4, 0.5) is 5.69 Å². The molecule has 1 saturated carbocycles. The van der Waals surface area contributed by atoms with Crippen molar-refractivity contribution in [1.82, 2.24) is 0 Å². The van der Waals surface area contributed by atoms with Gasteiger partial charge in [0.05, 0.1) is 6.61 Å². The summed E-state index contributed by atoms with van der Waals surface area (Å²) in [6.45, 7) is 4.59. The second kappa shape index (κ2) is 6.01. The number of ether oxygens (including phenoxy) is 1. The van der Waals surface area contributed by atoms with Gasteiger partial charge in [-0.15, -0.1) is 0 Å². The molecule has 1 aliphatic rings. The molecule has 3 heteroatoms. The van der Waals surface area contributed by atoms with Gasteiger partial charge in [-0.2, -0.15) is 0 Å². The molecule has 0 aliphatic heterocycles. The Kier molecular flexibility index (Phi) is 4.37. The summed E-state index contributed by atoms with van der Waals surface area (Å²) in [7, 11) is 2.06. The van der Waals surface area contributed by atoms with Crippen molar-refractivity contribution in [1.29, 1.82) is 0 Å². The Morgan fingerprint density at radius 2 is 2.22 bits per heavy atom. The van der Waals surface area contributed by atoms with Gasteiger partial charge in [0.25, 0.3) is 0 Å². The Balaban J connectivity index is 1.82. The number of aldehydes is 1. The van der Waals surface area contributed by atoms with Crippen LogP contribution in [0.1, 0.15) is 28.8 Å². The molecule has 0 radical (unpaired) electrons. The van der Waals surface area contributed by atoms with Crippen molar-refractivity contribution in [3.63, 3.8) is 0 Å². The summed E-state index contributed by atoms with van der Waals surface area (Å²) in [5.74, 6) is 0.823. The second-order valence-electron chi connectivity index (χ2n) is 5.10. The molecule has 0 atom stereocenters. The smallest absolute Gasteiger partial charge is 0.150 e. The van der Waals surface area contributed by atoms with E-state index in [4.69, 9.17) is 4.74 Å². The number of carbonyl (C=O) groups excluding carboxylic acids is 1. The average molecular weight is 247 g/mol. The molecule has 0 aromatic heterocycles. The molecule has 0 N–H and O–H groups in total. The third-order valence-electron chi connectivity index (χ3n) is 3.39. The fraction of sp³-hybridized carbons (Fsp3) is 0.533. The Hall–Kier alpha value is -1.35. The maximum absolute atomic E-state index is 10.7.